The second-order valence-electron chi connectivity index (χ2n) is 4.74. The molecular formula is C13H15F3N2OS. The molecule has 2 atom stereocenters. The van der Waals surface area contributed by atoms with E-state index in [1.54, 1.807) is 11.8 Å². The number of nitrogens with zero attached hydrogens (tertiary/aromatic N) is 1. The van der Waals surface area contributed by atoms with Crippen LogP contribution in [0.2, 0.25) is 0 Å². The molecule has 0 bridgehead atoms. The molecule has 7 heteroatoms. The Kier molecular flexibility index (Phi) is 4.57. The first-order valence-electron chi connectivity index (χ1n) is 6.27. The van der Waals surface area contributed by atoms with Crippen LogP contribution in [-0.2, 0) is 6.18 Å². The number of carbonyl (C=O) groups is 1. The number of hydrogen-bond donors (Lipinski definition) is 1. The minimum atomic E-state index is -4.62. The first-order chi connectivity index (χ1) is 9.41. The molecule has 0 radical (unpaired) electrons. The minimum absolute atomic E-state index is 0.0544. The van der Waals surface area contributed by atoms with Crippen LogP contribution in [0.3, 0.4) is 0 Å². The zero-order valence-corrected chi connectivity index (χ0v) is 11.7. The number of carbonyl (C=O) groups excluding carboxylic acids is 1. The number of pyridine rings is 1. The van der Waals surface area contributed by atoms with Gasteiger partial charge in [0.25, 0.3) is 5.91 Å². The predicted molar refractivity (Wildman–Crippen MR) is 71.6 cm³/mol. The number of alkyl halides is 3. The van der Waals surface area contributed by atoms with Crippen molar-refractivity contribution in [3.05, 3.63) is 29.6 Å². The smallest absolute Gasteiger partial charge is 0.349 e. The van der Waals surface area contributed by atoms with Crippen LogP contribution in [0.4, 0.5) is 13.2 Å². The summed E-state index contributed by atoms with van der Waals surface area (Å²) in [5, 5.41) is 3.15. The van der Waals surface area contributed by atoms with E-state index in [0.29, 0.717) is 5.25 Å². The summed E-state index contributed by atoms with van der Waals surface area (Å²) in [4.78, 5) is 15.3. The van der Waals surface area contributed by atoms with E-state index >= 15 is 0 Å². The molecule has 1 N–H and O–H groups in total. The number of rotatable bonds is 3. The molecule has 1 heterocycles. The molecule has 1 aliphatic carbocycles. The summed E-state index contributed by atoms with van der Waals surface area (Å²) in [5.74, 6) is -0.697. The zero-order chi connectivity index (χ0) is 14.8. The lowest BCUT2D eigenvalue weighted by atomic mass is 10.1. The third-order valence-corrected chi connectivity index (χ3v) is 4.47. The fourth-order valence-corrected chi connectivity index (χ4v) is 3.16. The van der Waals surface area contributed by atoms with E-state index in [0.717, 1.165) is 31.5 Å². The van der Waals surface area contributed by atoms with Crippen LogP contribution < -0.4 is 5.32 Å². The summed E-state index contributed by atoms with van der Waals surface area (Å²) in [6.45, 7) is 0. The third-order valence-electron chi connectivity index (χ3n) is 3.37. The van der Waals surface area contributed by atoms with Gasteiger partial charge in [0.05, 0.1) is 5.56 Å². The van der Waals surface area contributed by atoms with Gasteiger partial charge in [0.1, 0.15) is 0 Å². The topological polar surface area (TPSA) is 42.0 Å². The van der Waals surface area contributed by atoms with Crippen molar-refractivity contribution in [3.8, 4) is 0 Å². The molecule has 0 aromatic carbocycles. The van der Waals surface area contributed by atoms with Crippen molar-refractivity contribution in [2.75, 3.05) is 6.26 Å². The minimum Gasteiger partial charge on any atom is -0.349 e. The molecule has 0 aliphatic heterocycles. The summed E-state index contributed by atoms with van der Waals surface area (Å²) in [6.07, 6.45) is 1.00. The zero-order valence-electron chi connectivity index (χ0n) is 10.9. The van der Waals surface area contributed by atoms with E-state index < -0.39 is 23.3 Å². The van der Waals surface area contributed by atoms with Crippen molar-refractivity contribution in [2.45, 2.75) is 36.7 Å². The van der Waals surface area contributed by atoms with Gasteiger partial charge in [-0.05, 0) is 37.7 Å². The average molecular weight is 304 g/mol. The van der Waals surface area contributed by atoms with E-state index in [1.807, 2.05) is 6.26 Å². The normalized spacial score (nSPS) is 22.8. The van der Waals surface area contributed by atoms with Gasteiger partial charge in [0.2, 0.25) is 0 Å². The van der Waals surface area contributed by atoms with Gasteiger partial charge in [0, 0.05) is 17.5 Å². The molecule has 0 spiro atoms. The van der Waals surface area contributed by atoms with Gasteiger partial charge in [-0.3, -0.25) is 9.78 Å². The predicted octanol–water partition coefficient (Wildman–Crippen LogP) is 3.11. The maximum atomic E-state index is 12.8. The summed E-state index contributed by atoms with van der Waals surface area (Å²) in [5.41, 5.74) is -1.54. The van der Waals surface area contributed by atoms with Crippen LogP contribution in [0.15, 0.2) is 18.3 Å². The highest BCUT2D eigenvalue weighted by Crippen LogP contribution is 2.31. The molecule has 2 rings (SSSR count). The summed E-state index contributed by atoms with van der Waals surface area (Å²) in [7, 11) is 0. The first-order valence-corrected chi connectivity index (χ1v) is 7.56. The van der Waals surface area contributed by atoms with Crippen molar-refractivity contribution in [1.82, 2.24) is 10.3 Å². The van der Waals surface area contributed by atoms with Crippen LogP contribution in [0.5, 0.6) is 0 Å². The highest BCUT2D eigenvalue weighted by Gasteiger charge is 2.37. The lowest BCUT2D eigenvalue weighted by Crippen LogP contribution is -2.34. The lowest BCUT2D eigenvalue weighted by Gasteiger charge is -2.15. The SMILES string of the molecule is CS[C@@H]1CC[C@H](NC(=O)c2cccnc2C(F)(F)F)C1. The van der Waals surface area contributed by atoms with Crippen molar-refractivity contribution in [1.29, 1.82) is 0 Å². The molecule has 1 saturated carbocycles. The Bertz CT molecular complexity index is 493. The van der Waals surface area contributed by atoms with Gasteiger partial charge < -0.3 is 5.32 Å². The Morgan fingerprint density at radius 1 is 1.45 bits per heavy atom. The first kappa shape index (κ1) is 15.2. The Hall–Kier alpha value is -1.24. The summed E-state index contributed by atoms with van der Waals surface area (Å²) in [6, 6.07) is 2.44. The Labute approximate surface area is 119 Å². The molecule has 1 fully saturated rings. The van der Waals surface area contributed by atoms with Crippen LogP contribution in [0.1, 0.15) is 35.3 Å². The number of hydrogen-bond acceptors (Lipinski definition) is 3. The van der Waals surface area contributed by atoms with Crippen LogP contribution in [-0.4, -0.2) is 28.4 Å². The number of nitrogens with one attached hydrogen (secondary N) is 1. The van der Waals surface area contributed by atoms with Gasteiger partial charge in [-0.1, -0.05) is 0 Å². The summed E-state index contributed by atoms with van der Waals surface area (Å²) >= 11 is 1.72. The van der Waals surface area contributed by atoms with Crippen molar-refractivity contribution in [3.63, 3.8) is 0 Å². The molecule has 1 aliphatic rings. The second-order valence-corrected chi connectivity index (χ2v) is 5.88. The fraction of sp³-hybridized carbons (Fsp3) is 0.538. The Morgan fingerprint density at radius 3 is 2.80 bits per heavy atom. The third kappa shape index (κ3) is 3.45. The van der Waals surface area contributed by atoms with Gasteiger partial charge >= 0.3 is 6.18 Å². The monoisotopic (exact) mass is 304 g/mol. The van der Waals surface area contributed by atoms with Crippen molar-refractivity contribution >= 4 is 17.7 Å². The Balaban J connectivity index is 2.10. The van der Waals surface area contributed by atoms with Crippen LogP contribution in [0, 0.1) is 0 Å². The number of amides is 1. The van der Waals surface area contributed by atoms with Crippen molar-refractivity contribution < 1.29 is 18.0 Å². The molecule has 1 aromatic rings. The number of halogens is 3. The molecule has 1 aromatic heterocycles. The van der Waals surface area contributed by atoms with Crippen molar-refractivity contribution in [2.24, 2.45) is 0 Å². The maximum absolute atomic E-state index is 12.8. The summed E-state index contributed by atoms with van der Waals surface area (Å²) < 4.78 is 38.4. The van der Waals surface area contributed by atoms with Crippen LogP contribution in [0.25, 0.3) is 0 Å². The van der Waals surface area contributed by atoms with Crippen LogP contribution >= 0.6 is 11.8 Å². The molecule has 3 nitrogen and oxygen atoms in total. The van der Waals surface area contributed by atoms with Gasteiger partial charge in [-0.2, -0.15) is 24.9 Å². The standard InChI is InChI=1S/C13H15F3N2OS/c1-20-9-5-4-8(7-9)18-12(19)10-3-2-6-17-11(10)13(14,15)16/h2-3,6,8-9H,4-5,7H2,1H3,(H,18,19)/t8-,9+/m0/s1. The highest BCUT2D eigenvalue weighted by atomic mass is 32.2. The molecule has 110 valence electrons. The fourth-order valence-electron chi connectivity index (χ4n) is 2.36. The number of thioether (sulfide) groups is 1. The molecule has 0 saturated heterocycles. The lowest BCUT2D eigenvalue weighted by molar-refractivity contribution is -0.141. The average Bonchev–Trinajstić information content (AvgIpc) is 2.85. The van der Waals surface area contributed by atoms with Gasteiger partial charge in [-0.15, -0.1) is 0 Å². The van der Waals surface area contributed by atoms with Gasteiger partial charge in [-0.25, -0.2) is 0 Å². The van der Waals surface area contributed by atoms with E-state index in [1.165, 1.54) is 6.07 Å². The molecular weight excluding hydrogens is 289 g/mol. The van der Waals surface area contributed by atoms with E-state index in [-0.39, 0.29) is 6.04 Å². The Morgan fingerprint density at radius 2 is 2.20 bits per heavy atom. The second kappa shape index (κ2) is 6.03. The van der Waals surface area contributed by atoms with E-state index in [2.05, 4.69) is 10.3 Å². The number of aromatic nitrogens is 1. The van der Waals surface area contributed by atoms with E-state index in [4.69, 9.17) is 0 Å². The maximum Gasteiger partial charge on any atom is 0.434 e. The molecule has 0 unspecified atom stereocenters. The molecule has 1 amide bonds. The highest BCUT2D eigenvalue weighted by molar-refractivity contribution is 7.99. The largest absolute Gasteiger partial charge is 0.434 e. The van der Waals surface area contributed by atoms with E-state index in [9.17, 15) is 18.0 Å². The molecule has 20 heavy (non-hydrogen) atoms. The quantitative estimate of drug-likeness (QED) is 0.933. The van der Waals surface area contributed by atoms with Gasteiger partial charge in [0.15, 0.2) is 5.69 Å².